The molecule has 28 heavy (non-hydrogen) atoms. The Hall–Kier alpha value is -3.47. The predicted molar refractivity (Wildman–Crippen MR) is 107 cm³/mol. The number of phenols is 1. The maximum Gasteiger partial charge on any atom is 0.160 e. The Labute approximate surface area is 163 Å². The quantitative estimate of drug-likeness (QED) is 0.575. The molecule has 1 heterocycles. The molecule has 5 heteroatoms. The average Bonchev–Trinajstić information content (AvgIpc) is 3.10. The molecule has 2 aromatic carbocycles. The van der Waals surface area contributed by atoms with Crippen molar-refractivity contribution in [3.8, 4) is 17.2 Å². The second kappa shape index (κ2) is 8.95. The van der Waals surface area contributed by atoms with Gasteiger partial charge < -0.3 is 19.0 Å². The Morgan fingerprint density at radius 3 is 2.71 bits per heavy atom. The highest BCUT2D eigenvalue weighted by atomic mass is 16.5. The molecule has 0 atom stereocenters. The van der Waals surface area contributed by atoms with Gasteiger partial charge in [-0.1, -0.05) is 24.3 Å². The highest BCUT2D eigenvalue weighted by Gasteiger charge is 2.05. The lowest BCUT2D eigenvalue weighted by atomic mass is 10.1. The summed E-state index contributed by atoms with van der Waals surface area (Å²) in [6.07, 6.45) is 3.43. The van der Waals surface area contributed by atoms with Gasteiger partial charge in [-0.15, -0.1) is 0 Å². The molecule has 0 aliphatic heterocycles. The SMILES string of the molecule is COc1ccc(/C=C/C(=O)Cc2cccc(OCc3ccc(C)o3)c2)cc1O. The van der Waals surface area contributed by atoms with Gasteiger partial charge in [-0.3, -0.25) is 4.79 Å². The third kappa shape index (κ3) is 5.27. The van der Waals surface area contributed by atoms with E-state index in [2.05, 4.69) is 0 Å². The van der Waals surface area contributed by atoms with Gasteiger partial charge in [0.25, 0.3) is 0 Å². The molecule has 5 nitrogen and oxygen atoms in total. The summed E-state index contributed by atoms with van der Waals surface area (Å²) in [7, 11) is 1.49. The lowest BCUT2D eigenvalue weighted by Gasteiger charge is -2.06. The van der Waals surface area contributed by atoms with Crippen molar-refractivity contribution < 1.29 is 23.8 Å². The van der Waals surface area contributed by atoms with Crippen molar-refractivity contribution in [2.45, 2.75) is 20.0 Å². The molecule has 0 amide bonds. The minimum absolute atomic E-state index is 0.0358. The van der Waals surface area contributed by atoms with Crippen molar-refractivity contribution in [3.05, 3.63) is 83.3 Å². The van der Waals surface area contributed by atoms with Gasteiger partial charge in [0, 0.05) is 6.42 Å². The number of rotatable bonds is 8. The van der Waals surface area contributed by atoms with E-state index in [4.69, 9.17) is 13.9 Å². The van der Waals surface area contributed by atoms with Crippen LogP contribution in [0.5, 0.6) is 17.2 Å². The molecule has 0 bridgehead atoms. The van der Waals surface area contributed by atoms with Gasteiger partial charge in [-0.2, -0.15) is 0 Å². The van der Waals surface area contributed by atoms with Crippen LogP contribution >= 0.6 is 0 Å². The van der Waals surface area contributed by atoms with Crippen LogP contribution < -0.4 is 9.47 Å². The summed E-state index contributed by atoms with van der Waals surface area (Å²) in [5.41, 5.74) is 1.58. The van der Waals surface area contributed by atoms with E-state index in [0.717, 1.165) is 22.6 Å². The number of carbonyl (C=O) groups is 1. The van der Waals surface area contributed by atoms with Crippen molar-refractivity contribution >= 4 is 11.9 Å². The number of carbonyl (C=O) groups excluding carboxylic acids is 1. The Morgan fingerprint density at radius 1 is 1.14 bits per heavy atom. The van der Waals surface area contributed by atoms with Crippen molar-refractivity contribution in [1.82, 2.24) is 0 Å². The molecule has 0 fully saturated rings. The van der Waals surface area contributed by atoms with Crippen LogP contribution in [0.3, 0.4) is 0 Å². The van der Waals surface area contributed by atoms with Crippen LogP contribution in [0.2, 0.25) is 0 Å². The highest BCUT2D eigenvalue weighted by Crippen LogP contribution is 2.26. The Morgan fingerprint density at radius 2 is 2.00 bits per heavy atom. The van der Waals surface area contributed by atoms with Crippen LogP contribution in [0, 0.1) is 6.92 Å². The largest absolute Gasteiger partial charge is 0.504 e. The smallest absolute Gasteiger partial charge is 0.160 e. The van der Waals surface area contributed by atoms with Crippen LogP contribution in [-0.4, -0.2) is 18.0 Å². The average molecular weight is 378 g/mol. The number of hydrogen-bond donors (Lipinski definition) is 1. The van der Waals surface area contributed by atoms with Crippen LogP contribution in [-0.2, 0) is 17.8 Å². The minimum atomic E-state index is -0.0471. The van der Waals surface area contributed by atoms with Crippen molar-refractivity contribution in [2.24, 2.45) is 0 Å². The summed E-state index contributed by atoms with van der Waals surface area (Å²) in [5, 5.41) is 9.79. The zero-order valence-corrected chi connectivity index (χ0v) is 15.8. The monoisotopic (exact) mass is 378 g/mol. The third-order valence-corrected chi connectivity index (χ3v) is 4.12. The summed E-state index contributed by atoms with van der Waals surface area (Å²) in [5.74, 6) is 2.66. The molecule has 0 saturated carbocycles. The third-order valence-electron chi connectivity index (χ3n) is 4.12. The molecule has 0 aliphatic rings. The number of allylic oxidation sites excluding steroid dienone is 1. The standard InChI is InChI=1S/C23H22O5/c1-16-6-10-21(28-16)15-27-20-5-3-4-18(13-20)12-19(24)9-7-17-8-11-23(26-2)22(25)14-17/h3-11,13-14,25H,12,15H2,1-2H3/b9-7+. The second-order valence-electron chi connectivity index (χ2n) is 6.36. The fourth-order valence-electron chi connectivity index (χ4n) is 2.72. The van der Waals surface area contributed by atoms with Gasteiger partial charge in [0.05, 0.1) is 7.11 Å². The molecule has 1 N–H and O–H groups in total. The van der Waals surface area contributed by atoms with Crippen molar-refractivity contribution in [2.75, 3.05) is 7.11 Å². The normalized spacial score (nSPS) is 10.9. The zero-order valence-electron chi connectivity index (χ0n) is 15.8. The molecule has 0 radical (unpaired) electrons. The fraction of sp³-hybridized carbons (Fsp3) is 0.174. The van der Waals surface area contributed by atoms with Gasteiger partial charge in [-0.05, 0) is 60.5 Å². The first kappa shape index (κ1) is 19.3. The molecule has 0 spiro atoms. The number of furan rings is 1. The van der Waals surface area contributed by atoms with E-state index in [1.807, 2.05) is 43.3 Å². The molecule has 0 aliphatic carbocycles. The van der Waals surface area contributed by atoms with E-state index < -0.39 is 0 Å². The lowest BCUT2D eigenvalue weighted by Crippen LogP contribution is -2.00. The van der Waals surface area contributed by atoms with E-state index >= 15 is 0 Å². The number of aromatic hydroxyl groups is 1. The number of hydrogen-bond acceptors (Lipinski definition) is 5. The fourth-order valence-corrected chi connectivity index (χ4v) is 2.72. The second-order valence-corrected chi connectivity index (χ2v) is 6.36. The van der Waals surface area contributed by atoms with E-state index in [0.29, 0.717) is 18.1 Å². The topological polar surface area (TPSA) is 68.9 Å². The molecule has 0 unspecified atom stereocenters. The van der Waals surface area contributed by atoms with Gasteiger partial charge in [0.2, 0.25) is 0 Å². The Bertz CT molecular complexity index is 984. The molecule has 3 rings (SSSR count). The maximum absolute atomic E-state index is 12.3. The van der Waals surface area contributed by atoms with Gasteiger partial charge in [0.1, 0.15) is 23.9 Å². The molecule has 3 aromatic rings. The molecule has 1 aromatic heterocycles. The summed E-state index contributed by atoms with van der Waals surface area (Å²) >= 11 is 0. The number of ketones is 1. The first-order valence-electron chi connectivity index (χ1n) is 8.88. The maximum atomic E-state index is 12.3. The van der Waals surface area contributed by atoms with Crippen molar-refractivity contribution in [3.63, 3.8) is 0 Å². The van der Waals surface area contributed by atoms with Crippen LogP contribution in [0.4, 0.5) is 0 Å². The van der Waals surface area contributed by atoms with E-state index in [1.54, 1.807) is 24.3 Å². The Kier molecular flexibility index (Phi) is 6.17. The molecule has 0 saturated heterocycles. The lowest BCUT2D eigenvalue weighted by molar-refractivity contribution is -0.113. The van der Waals surface area contributed by atoms with Crippen LogP contribution in [0.15, 0.2) is 65.1 Å². The number of phenolic OH excluding ortho intramolecular Hbond substituents is 1. The van der Waals surface area contributed by atoms with Gasteiger partial charge in [0.15, 0.2) is 17.3 Å². The van der Waals surface area contributed by atoms with E-state index in [9.17, 15) is 9.90 Å². The molecular formula is C23H22O5. The molecule has 144 valence electrons. The van der Waals surface area contributed by atoms with Crippen molar-refractivity contribution in [1.29, 1.82) is 0 Å². The van der Waals surface area contributed by atoms with Gasteiger partial charge >= 0.3 is 0 Å². The van der Waals surface area contributed by atoms with E-state index in [1.165, 1.54) is 13.2 Å². The summed E-state index contributed by atoms with van der Waals surface area (Å²) in [4.78, 5) is 12.3. The minimum Gasteiger partial charge on any atom is -0.504 e. The zero-order chi connectivity index (χ0) is 19.9. The first-order chi connectivity index (χ1) is 13.5. The predicted octanol–water partition coefficient (Wildman–Crippen LogP) is 4.71. The Balaban J connectivity index is 1.58. The summed E-state index contributed by atoms with van der Waals surface area (Å²) in [6.45, 7) is 2.22. The molecular weight excluding hydrogens is 356 g/mol. The van der Waals surface area contributed by atoms with Gasteiger partial charge in [-0.25, -0.2) is 0 Å². The number of ether oxygens (including phenoxy) is 2. The highest BCUT2D eigenvalue weighted by molar-refractivity contribution is 5.95. The van der Waals surface area contributed by atoms with Crippen LogP contribution in [0.25, 0.3) is 6.08 Å². The number of benzene rings is 2. The van der Waals surface area contributed by atoms with Crippen LogP contribution in [0.1, 0.15) is 22.6 Å². The number of methoxy groups -OCH3 is 1. The van der Waals surface area contributed by atoms with E-state index in [-0.39, 0.29) is 18.0 Å². The number of aryl methyl sites for hydroxylation is 1. The first-order valence-corrected chi connectivity index (χ1v) is 8.88. The summed E-state index contributed by atoms with van der Waals surface area (Å²) in [6, 6.07) is 16.2. The summed E-state index contributed by atoms with van der Waals surface area (Å²) < 4.78 is 16.2.